The summed E-state index contributed by atoms with van der Waals surface area (Å²) in [4.78, 5) is -0.569. The molecule has 0 spiro atoms. The minimum Gasteiger partial charge on any atom is -0.380 e. The van der Waals surface area contributed by atoms with Gasteiger partial charge in [0.15, 0.2) is 5.82 Å². The van der Waals surface area contributed by atoms with Gasteiger partial charge in [-0.15, -0.1) is 0 Å². The minimum absolute atomic E-state index is 0.00179. The van der Waals surface area contributed by atoms with Crippen LogP contribution in [0.4, 0.5) is 8.78 Å². The first-order valence-electron chi connectivity index (χ1n) is 6.53. The fraction of sp³-hybridized carbons (Fsp3) is 0.538. The Morgan fingerprint density at radius 1 is 1.33 bits per heavy atom. The number of hydrogen-bond donors (Lipinski definition) is 2. The molecule has 0 aliphatic rings. The normalized spacial score (nSPS) is 13.4. The fourth-order valence-electron chi connectivity index (χ4n) is 1.58. The van der Waals surface area contributed by atoms with Crippen molar-refractivity contribution >= 4 is 10.0 Å². The maximum atomic E-state index is 14.2. The zero-order chi connectivity index (χ0) is 16.0. The molecule has 0 amide bonds. The SMILES string of the molecule is CCNCc1c(F)ccc(S(=O)(=O)NCC(C)OC)c1F. The van der Waals surface area contributed by atoms with Crippen molar-refractivity contribution in [2.75, 3.05) is 20.2 Å². The van der Waals surface area contributed by atoms with Crippen molar-refractivity contribution in [3.63, 3.8) is 0 Å². The predicted octanol–water partition coefficient (Wildman–Crippen LogP) is 1.39. The first-order valence-corrected chi connectivity index (χ1v) is 8.01. The third kappa shape index (κ3) is 4.70. The molecule has 1 aromatic carbocycles. The van der Waals surface area contributed by atoms with Crippen molar-refractivity contribution in [2.45, 2.75) is 31.4 Å². The molecule has 0 saturated heterocycles. The lowest BCUT2D eigenvalue weighted by Gasteiger charge is -2.13. The van der Waals surface area contributed by atoms with E-state index in [2.05, 4.69) is 10.0 Å². The quantitative estimate of drug-likeness (QED) is 0.759. The number of hydrogen-bond acceptors (Lipinski definition) is 4. The van der Waals surface area contributed by atoms with E-state index in [4.69, 9.17) is 4.74 Å². The molecule has 2 N–H and O–H groups in total. The van der Waals surface area contributed by atoms with Crippen molar-refractivity contribution in [2.24, 2.45) is 0 Å². The third-order valence-corrected chi connectivity index (χ3v) is 4.40. The summed E-state index contributed by atoms with van der Waals surface area (Å²) in [7, 11) is -2.62. The lowest BCUT2D eigenvalue weighted by molar-refractivity contribution is 0.122. The third-order valence-electron chi connectivity index (χ3n) is 2.96. The highest BCUT2D eigenvalue weighted by atomic mass is 32.2. The number of halogens is 2. The van der Waals surface area contributed by atoms with E-state index in [0.29, 0.717) is 6.54 Å². The molecule has 0 saturated carbocycles. The highest BCUT2D eigenvalue weighted by Crippen LogP contribution is 2.21. The van der Waals surface area contributed by atoms with Crippen LogP contribution in [0.25, 0.3) is 0 Å². The van der Waals surface area contributed by atoms with Gasteiger partial charge < -0.3 is 10.1 Å². The van der Waals surface area contributed by atoms with E-state index in [1.165, 1.54) is 7.11 Å². The Hall–Kier alpha value is -1.09. The van der Waals surface area contributed by atoms with Gasteiger partial charge >= 0.3 is 0 Å². The van der Waals surface area contributed by atoms with E-state index in [-0.39, 0.29) is 24.8 Å². The number of benzene rings is 1. The van der Waals surface area contributed by atoms with Crippen LogP contribution in [0.15, 0.2) is 17.0 Å². The van der Waals surface area contributed by atoms with Gasteiger partial charge in [-0.25, -0.2) is 21.9 Å². The summed E-state index contributed by atoms with van der Waals surface area (Å²) < 4.78 is 59.1. The van der Waals surface area contributed by atoms with Crippen LogP contribution in [-0.4, -0.2) is 34.7 Å². The fourth-order valence-corrected chi connectivity index (χ4v) is 2.80. The number of methoxy groups -OCH3 is 1. The molecule has 0 aromatic heterocycles. The highest BCUT2D eigenvalue weighted by Gasteiger charge is 2.23. The monoisotopic (exact) mass is 322 g/mol. The molecule has 1 aromatic rings. The number of nitrogens with one attached hydrogen (secondary N) is 2. The van der Waals surface area contributed by atoms with E-state index in [0.717, 1.165) is 12.1 Å². The summed E-state index contributed by atoms with van der Waals surface area (Å²) >= 11 is 0. The molecule has 8 heteroatoms. The molecule has 21 heavy (non-hydrogen) atoms. The maximum Gasteiger partial charge on any atom is 0.243 e. The molecule has 1 unspecified atom stereocenters. The molecular formula is C13H20F2N2O3S. The van der Waals surface area contributed by atoms with Crippen LogP contribution >= 0.6 is 0 Å². The van der Waals surface area contributed by atoms with Crippen molar-refractivity contribution in [1.82, 2.24) is 10.0 Å². The molecule has 1 rings (SSSR count). The highest BCUT2D eigenvalue weighted by molar-refractivity contribution is 7.89. The van der Waals surface area contributed by atoms with Crippen LogP contribution in [0.5, 0.6) is 0 Å². The first-order chi connectivity index (χ1) is 9.83. The van der Waals surface area contributed by atoms with Crippen LogP contribution < -0.4 is 10.0 Å². The minimum atomic E-state index is -4.06. The molecule has 0 bridgehead atoms. The Bertz CT molecular complexity index is 579. The van der Waals surface area contributed by atoms with E-state index < -0.39 is 26.6 Å². The van der Waals surface area contributed by atoms with Crippen LogP contribution in [0.2, 0.25) is 0 Å². The van der Waals surface area contributed by atoms with Gasteiger partial charge in [-0.3, -0.25) is 0 Å². The Kier molecular flexibility index (Phi) is 6.66. The molecule has 5 nitrogen and oxygen atoms in total. The van der Waals surface area contributed by atoms with Crippen molar-refractivity contribution < 1.29 is 21.9 Å². The van der Waals surface area contributed by atoms with Gasteiger partial charge in [0, 0.05) is 25.8 Å². The average Bonchev–Trinajstić information content (AvgIpc) is 2.44. The van der Waals surface area contributed by atoms with Crippen molar-refractivity contribution in [1.29, 1.82) is 0 Å². The topological polar surface area (TPSA) is 67.4 Å². The number of rotatable bonds is 8. The van der Waals surface area contributed by atoms with Gasteiger partial charge in [0.2, 0.25) is 10.0 Å². The summed E-state index contributed by atoms with van der Waals surface area (Å²) in [6.45, 7) is 3.88. The predicted molar refractivity (Wildman–Crippen MR) is 75.4 cm³/mol. The summed E-state index contributed by atoms with van der Waals surface area (Å²) in [6, 6.07) is 1.87. The smallest absolute Gasteiger partial charge is 0.243 e. The van der Waals surface area contributed by atoms with Crippen LogP contribution in [-0.2, 0) is 21.3 Å². The zero-order valence-corrected chi connectivity index (χ0v) is 13.1. The van der Waals surface area contributed by atoms with Crippen molar-refractivity contribution in [3.05, 3.63) is 29.3 Å². The lowest BCUT2D eigenvalue weighted by Crippen LogP contribution is -2.32. The van der Waals surface area contributed by atoms with Gasteiger partial charge in [-0.1, -0.05) is 6.92 Å². The summed E-state index contributed by atoms with van der Waals surface area (Å²) in [5.41, 5.74) is -0.292. The molecule has 0 heterocycles. The number of ether oxygens (including phenoxy) is 1. The Morgan fingerprint density at radius 2 is 2.00 bits per heavy atom. The molecule has 1 atom stereocenters. The Labute approximate surface area is 123 Å². The Morgan fingerprint density at radius 3 is 2.57 bits per heavy atom. The average molecular weight is 322 g/mol. The van der Waals surface area contributed by atoms with Gasteiger partial charge in [0.1, 0.15) is 10.7 Å². The van der Waals surface area contributed by atoms with Gasteiger partial charge in [-0.05, 0) is 25.6 Å². The first kappa shape index (κ1) is 18.0. The van der Waals surface area contributed by atoms with E-state index in [9.17, 15) is 17.2 Å². The second-order valence-corrected chi connectivity index (χ2v) is 6.25. The molecule has 0 fully saturated rings. The second kappa shape index (κ2) is 7.79. The van der Waals surface area contributed by atoms with E-state index in [1.54, 1.807) is 13.8 Å². The summed E-state index contributed by atoms with van der Waals surface area (Å²) in [5.74, 6) is -1.86. The lowest BCUT2D eigenvalue weighted by atomic mass is 10.2. The van der Waals surface area contributed by atoms with Crippen molar-refractivity contribution in [3.8, 4) is 0 Å². The van der Waals surface area contributed by atoms with Gasteiger partial charge in [0.05, 0.1) is 6.10 Å². The Balaban J connectivity index is 3.07. The summed E-state index contributed by atoms with van der Waals surface area (Å²) in [6.07, 6.45) is -0.357. The maximum absolute atomic E-state index is 14.2. The van der Waals surface area contributed by atoms with Crippen LogP contribution in [0.3, 0.4) is 0 Å². The molecule has 0 radical (unpaired) electrons. The molecule has 0 aliphatic carbocycles. The largest absolute Gasteiger partial charge is 0.380 e. The molecular weight excluding hydrogens is 302 g/mol. The number of sulfonamides is 1. The molecule has 0 aliphatic heterocycles. The van der Waals surface area contributed by atoms with Crippen LogP contribution in [0.1, 0.15) is 19.4 Å². The summed E-state index contributed by atoms with van der Waals surface area (Å²) in [5, 5.41) is 2.77. The standard InChI is InChI=1S/C13H20F2N2O3S/c1-4-16-8-10-11(14)5-6-12(13(10)15)21(18,19)17-7-9(2)20-3/h5-6,9,16-17H,4,7-8H2,1-3H3. The zero-order valence-electron chi connectivity index (χ0n) is 12.2. The van der Waals surface area contributed by atoms with Gasteiger partial charge in [0.25, 0.3) is 0 Å². The van der Waals surface area contributed by atoms with Gasteiger partial charge in [-0.2, -0.15) is 0 Å². The van der Waals surface area contributed by atoms with E-state index in [1.807, 2.05) is 0 Å². The second-order valence-electron chi connectivity index (χ2n) is 4.52. The molecule has 120 valence electrons. The van der Waals surface area contributed by atoms with Crippen LogP contribution in [0, 0.1) is 11.6 Å². The van der Waals surface area contributed by atoms with E-state index >= 15 is 0 Å².